The SMILES string of the molecule is C=C(C)S(=O)(=O)NNC(c1ccccc1)c1ccc(O)cc1O. The highest BCUT2D eigenvalue weighted by Crippen LogP contribution is 2.31. The second-order valence-electron chi connectivity index (χ2n) is 5.04. The molecule has 0 aliphatic heterocycles. The Morgan fingerprint density at radius 2 is 1.78 bits per heavy atom. The predicted octanol–water partition coefficient (Wildman–Crippen LogP) is 2.14. The highest BCUT2D eigenvalue weighted by atomic mass is 32.2. The molecule has 0 fully saturated rings. The fourth-order valence-corrected chi connectivity index (χ4v) is 2.43. The lowest BCUT2D eigenvalue weighted by atomic mass is 9.98. The number of nitrogens with one attached hydrogen (secondary N) is 2. The Hall–Kier alpha value is -2.35. The van der Waals surface area contributed by atoms with Crippen molar-refractivity contribution in [3.05, 3.63) is 71.1 Å². The average molecular weight is 334 g/mol. The lowest BCUT2D eigenvalue weighted by molar-refractivity contribution is 0.436. The maximum Gasteiger partial charge on any atom is 0.248 e. The number of benzene rings is 2. The third kappa shape index (κ3) is 4.10. The summed E-state index contributed by atoms with van der Waals surface area (Å²) in [5.74, 6) is -0.235. The number of hydrazine groups is 1. The van der Waals surface area contributed by atoms with Crippen LogP contribution in [0.3, 0.4) is 0 Å². The van der Waals surface area contributed by atoms with Crippen molar-refractivity contribution in [1.29, 1.82) is 0 Å². The van der Waals surface area contributed by atoms with Crippen LogP contribution in [0.15, 0.2) is 60.0 Å². The van der Waals surface area contributed by atoms with Crippen molar-refractivity contribution < 1.29 is 18.6 Å². The van der Waals surface area contributed by atoms with E-state index in [1.807, 2.05) is 6.07 Å². The lowest BCUT2D eigenvalue weighted by Gasteiger charge is -2.21. The summed E-state index contributed by atoms with van der Waals surface area (Å²) in [6, 6.07) is 12.5. The van der Waals surface area contributed by atoms with Crippen LogP contribution in [0.1, 0.15) is 24.1 Å². The molecule has 0 aliphatic rings. The summed E-state index contributed by atoms with van der Waals surface area (Å²) in [5.41, 5.74) is 3.84. The van der Waals surface area contributed by atoms with Crippen LogP contribution in [-0.4, -0.2) is 18.6 Å². The molecule has 0 aliphatic carbocycles. The van der Waals surface area contributed by atoms with Crippen LogP contribution < -0.4 is 10.3 Å². The molecule has 0 saturated heterocycles. The molecule has 0 saturated carbocycles. The maximum absolute atomic E-state index is 11.9. The van der Waals surface area contributed by atoms with Crippen LogP contribution in [0.25, 0.3) is 0 Å². The predicted molar refractivity (Wildman–Crippen MR) is 88.1 cm³/mol. The first-order chi connectivity index (χ1) is 10.8. The van der Waals surface area contributed by atoms with E-state index in [4.69, 9.17) is 0 Å². The highest BCUT2D eigenvalue weighted by molar-refractivity contribution is 7.93. The molecule has 2 aromatic rings. The van der Waals surface area contributed by atoms with E-state index in [0.717, 1.165) is 5.56 Å². The van der Waals surface area contributed by atoms with Crippen LogP contribution in [0.2, 0.25) is 0 Å². The van der Waals surface area contributed by atoms with Gasteiger partial charge in [0.05, 0.1) is 10.9 Å². The third-order valence-corrected chi connectivity index (χ3v) is 4.56. The molecule has 7 heteroatoms. The molecule has 6 nitrogen and oxygen atoms in total. The summed E-state index contributed by atoms with van der Waals surface area (Å²) in [5, 5.41) is 19.5. The summed E-state index contributed by atoms with van der Waals surface area (Å²) in [7, 11) is -3.72. The molecule has 1 atom stereocenters. The molecule has 0 heterocycles. The topological polar surface area (TPSA) is 98.7 Å². The molecule has 23 heavy (non-hydrogen) atoms. The Kier molecular flexibility index (Phi) is 5.05. The molecule has 0 amide bonds. The summed E-state index contributed by atoms with van der Waals surface area (Å²) in [4.78, 5) is 2.21. The Morgan fingerprint density at radius 1 is 1.13 bits per heavy atom. The van der Waals surface area contributed by atoms with Crippen molar-refractivity contribution in [1.82, 2.24) is 10.3 Å². The molecular formula is C16H18N2O4S. The van der Waals surface area contributed by atoms with Gasteiger partial charge in [0.1, 0.15) is 11.5 Å². The van der Waals surface area contributed by atoms with Crippen molar-refractivity contribution >= 4 is 10.0 Å². The zero-order valence-electron chi connectivity index (χ0n) is 12.5. The van der Waals surface area contributed by atoms with Gasteiger partial charge in [-0.2, -0.15) is 0 Å². The third-order valence-electron chi connectivity index (χ3n) is 3.25. The first kappa shape index (κ1) is 17.0. The van der Waals surface area contributed by atoms with Crippen LogP contribution >= 0.6 is 0 Å². The van der Waals surface area contributed by atoms with Crippen molar-refractivity contribution in [3.63, 3.8) is 0 Å². The van der Waals surface area contributed by atoms with Gasteiger partial charge >= 0.3 is 0 Å². The number of aromatic hydroxyl groups is 2. The molecule has 122 valence electrons. The van der Waals surface area contributed by atoms with E-state index in [1.54, 1.807) is 24.3 Å². The van der Waals surface area contributed by atoms with Crippen molar-refractivity contribution in [2.45, 2.75) is 13.0 Å². The van der Waals surface area contributed by atoms with Crippen molar-refractivity contribution in [2.75, 3.05) is 0 Å². The molecule has 0 radical (unpaired) electrons. The molecule has 4 N–H and O–H groups in total. The minimum absolute atomic E-state index is 0.0354. The van der Waals surface area contributed by atoms with Gasteiger partial charge in [-0.25, -0.2) is 13.8 Å². The van der Waals surface area contributed by atoms with Crippen molar-refractivity contribution in [3.8, 4) is 11.5 Å². The van der Waals surface area contributed by atoms with Gasteiger partial charge in [0.15, 0.2) is 0 Å². The average Bonchev–Trinajstić information content (AvgIpc) is 2.50. The molecule has 0 spiro atoms. The lowest BCUT2D eigenvalue weighted by Crippen LogP contribution is -2.40. The Bertz CT molecular complexity index is 804. The van der Waals surface area contributed by atoms with Crippen molar-refractivity contribution in [2.24, 2.45) is 0 Å². The van der Waals surface area contributed by atoms with E-state index >= 15 is 0 Å². The summed E-state index contributed by atoms with van der Waals surface area (Å²) in [6.07, 6.45) is 0. The zero-order chi connectivity index (χ0) is 17.0. The quantitative estimate of drug-likeness (QED) is 0.607. The summed E-state index contributed by atoms with van der Waals surface area (Å²) < 4.78 is 23.7. The first-order valence-electron chi connectivity index (χ1n) is 6.81. The Morgan fingerprint density at radius 3 is 2.35 bits per heavy atom. The maximum atomic E-state index is 11.9. The Labute approximate surface area is 135 Å². The number of phenols is 2. The van der Waals surface area contributed by atoms with Crippen LogP contribution in [0, 0.1) is 0 Å². The van der Waals surface area contributed by atoms with E-state index in [0.29, 0.717) is 5.56 Å². The van der Waals surface area contributed by atoms with E-state index in [2.05, 4.69) is 16.8 Å². The molecular weight excluding hydrogens is 316 g/mol. The number of allylic oxidation sites excluding steroid dienone is 1. The minimum atomic E-state index is -3.72. The van der Waals surface area contributed by atoms with Gasteiger partial charge in [0, 0.05) is 11.6 Å². The molecule has 2 aromatic carbocycles. The van der Waals surface area contributed by atoms with Gasteiger partial charge in [-0.15, -0.1) is 4.83 Å². The van der Waals surface area contributed by atoms with Gasteiger partial charge in [-0.05, 0) is 24.6 Å². The van der Waals surface area contributed by atoms with E-state index < -0.39 is 16.1 Å². The normalized spacial score (nSPS) is 12.7. The molecule has 2 rings (SSSR count). The fraction of sp³-hybridized carbons (Fsp3) is 0.125. The standard InChI is InChI=1S/C16H18N2O4S/c1-11(2)23(21,22)18-17-16(12-6-4-3-5-7-12)14-9-8-13(19)10-15(14)20/h3-10,16-20H,1H2,2H3. The Balaban J connectivity index is 2.39. The van der Waals surface area contributed by atoms with Crippen LogP contribution in [0.5, 0.6) is 11.5 Å². The second-order valence-corrected chi connectivity index (χ2v) is 6.95. The van der Waals surface area contributed by atoms with E-state index in [9.17, 15) is 18.6 Å². The largest absolute Gasteiger partial charge is 0.508 e. The summed E-state index contributed by atoms with van der Waals surface area (Å²) >= 11 is 0. The number of hydrogen-bond acceptors (Lipinski definition) is 5. The number of hydrogen-bond donors (Lipinski definition) is 4. The number of rotatable bonds is 6. The van der Waals surface area contributed by atoms with E-state index in [1.165, 1.54) is 25.1 Å². The fourth-order valence-electron chi connectivity index (χ4n) is 1.99. The molecule has 0 bridgehead atoms. The first-order valence-corrected chi connectivity index (χ1v) is 8.29. The van der Waals surface area contributed by atoms with Crippen LogP contribution in [0.4, 0.5) is 0 Å². The second kappa shape index (κ2) is 6.82. The smallest absolute Gasteiger partial charge is 0.248 e. The minimum Gasteiger partial charge on any atom is -0.508 e. The molecule has 1 unspecified atom stereocenters. The van der Waals surface area contributed by atoms with Gasteiger partial charge in [0.2, 0.25) is 10.0 Å². The monoisotopic (exact) mass is 334 g/mol. The van der Waals surface area contributed by atoms with Crippen LogP contribution in [-0.2, 0) is 10.0 Å². The number of sulfonamides is 1. The summed E-state index contributed by atoms with van der Waals surface area (Å²) in [6.45, 7) is 4.78. The van der Waals surface area contributed by atoms with Gasteiger partial charge in [-0.1, -0.05) is 36.9 Å². The zero-order valence-corrected chi connectivity index (χ0v) is 13.3. The molecule has 0 aromatic heterocycles. The van der Waals surface area contributed by atoms with Gasteiger partial charge < -0.3 is 10.2 Å². The van der Waals surface area contributed by atoms with E-state index in [-0.39, 0.29) is 16.4 Å². The van der Waals surface area contributed by atoms with Gasteiger partial charge in [0.25, 0.3) is 0 Å². The van der Waals surface area contributed by atoms with Gasteiger partial charge in [-0.3, -0.25) is 0 Å². The number of phenolic OH excluding ortho intramolecular Hbond substituents is 2. The highest BCUT2D eigenvalue weighted by Gasteiger charge is 2.20.